The molecule has 0 saturated carbocycles. The van der Waals surface area contributed by atoms with Gasteiger partial charge < -0.3 is 31.2 Å². The number of aliphatic hydroxyl groups excluding tert-OH is 1. The summed E-state index contributed by atoms with van der Waals surface area (Å²) >= 11 is 0.722. The number of hydrogen-bond donors (Lipinski definition) is 4. The average molecular weight is 423 g/mol. The molecule has 2 rings (SSSR count). The molecule has 0 bridgehead atoms. The predicted octanol–water partition coefficient (Wildman–Crippen LogP) is 0.898. The summed E-state index contributed by atoms with van der Waals surface area (Å²) in [5.74, 6) is -1.69. The zero-order valence-corrected chi connectivity index (χ0v) is 17.3. The molecule has 2 aromatic rings. The fourth-order valence-electron chi connectivity index (χ4n) is 2.66. The van der Waals surface area contributed by atoms with Crippen LogP contribution in [0.3, 0.4) is 0 Å². The molecule has 3 amide bonds. The number of carbonyl (C=O) groups excluding carboxylic acids is 3. The highest BCUT2D eigenvalue weighted by Gasteiger charge is 2.37. The van der Waals surface area contributed by atoms with E-state index in [1.54, 1.807) is 12.1 Å². The van der Waals surface area contributed by atoms with Gasteiger partial charge in [0.15, 0.2) is 11.7 Å². The maximum Gasteiger partial charge on any atom is 0.270 e. The number of nitrogen functional groups attached to an aromatic ring is 1. The summed E-state index contributed by atoms with van der Waals surface area (Å²) in [7, 11) is 0. The summed E-state index contributed by atoms with van der Waals surface area (Å²) in [6.45, 7) is 5.28. The van der Waals surface area contributed by atoms with Crippen LogP contribution in [0.2, 0.25) is 0 Å². The van der Waals surface area contributed by atoms with Crippen molar-refractivity contribution in [1.82, 2.24) is 14.6 Å². The van der Waals surface area contributed by atoms with Gasteiger partial charge in [0.05, 0.1) is 12.0 Å². The molecular formula is C18H25N5O5S. The number of rotatable bonds is 8. The minimum Gasteiger partial charge on any atom is -0.467 e. The lowest BCUT2D eigenvalue weighted by Gasteiger charge is -2.32. The van der Waals surface area contributed by atoms with Crippen molar-refractivity contribution in [3.05, 3.63) is 34.7 Å². The van der Waals surface area contributed by atoms with E-state index >= 15 is 0 Å². The molecule has 0 spiro atoms. The highest BCUT2D eigenvalue weighted by molar-refractivity contribution is 7.09. The van der Waals surface area contributed by atoms with Gasteiger partial charge in [-0.2, -0.15) is 4.37 Å². The van der Waals surface area contributed by atoms with Crippen molar-refractivity contribution in [3.8, 4) is 0 Å². The monoisotopic (exact) mass is 423 g/mol. The Balaban J connectivity index is 2.49. The highest BCUT2D eigenvalue weighted by Crippen LogP contribution is 2.29. The molecule has 10 nitrogen and oxygen atoms in total. The Labute approximate surface area is 172 Å². The van der Waals surface area contributed by atoms with E-state index in [0.29, 0.717) is 0 Å². The average Bonchev–Trinajstić information content (AvgIpc) is 3.25. The van der Waals surface area contributed by atoms with E-state index < -0.39 is 29.3 Å². The van der Waals surface area contributed by atoms with Gasteiger partial charge >= 0.3 is 0 Å². The van der Waals surface area contributed by atoms with E-state index in [9.17, 15) is 19.5 Å². The summed E-state index contributed by atoms with van der Waals surface area (Å²) < 4.78 is 9.26. The third-order valence-electron chi connectivity index (χ3n) is 3.84. The first-order valence-corrected chi connectivity index (χ1v) is 9.66. The van der Waals surface area contributed by atoms with Gasteiger partial charge in [-0.05, 0) is 50.9 Å². The molecule has 11 heteroatoms. The molecule has 158 valence electrons. The van der Waals surface area contributed by atoms with Gasteiger partial charge in [-0.1, -0.05) is 0 Å². The maximum absolute atomic E-state index is 13.3. The van der Waals surface area contributed by atoms with Gasteiger partial charge in [-0.3, -0.25) is 14.4 Å². The Hall–Kier alpha value is -2.92. The largest absolute Gasteiger partial charge is 0.467 e. The molecule has 0 aromatic carbocycles. The number of anilines is 1. The summed E-state index contributed by atoms with van der Waals surface area (Å²) in [4.78, 5) is 39.0. The Morgan fingerprint density at radius 3 is 2.55 bits per heavy atom. The van der Waals surface area contributed by atoms with Crippen LogP contribution in [0, 0.1) is 0 Å². The van der Waals surface area contributed by atoms with Crippen LogP contribution in [-0.2, 0) is 4.79 Å². The first kappa shape index (κ1) is 22.4. The van der Waals surface area contributed by atoms with E-state index in [-0.39, 0.29) is 41.6 Å². The van der Waals surface area contributed by atoms with Crippen molar-refractivity contribution in [3.63, 3.8) is 0 Å². The molecule has 29 heavy (non-hydrogen) atoms. The lowest BCUT2D eigenvalue weighted by molar-refractivity contribution is -0.128. The number of aliphatic hydroxyl groups is 1. The van der Waals surface area contributed by atoms with Crippen LogP contribution in [0.4, 0.5) is 5.69 Å². The van der Waals surface area contributed by atoms with Gasteiger partial charge in [-0.15, -0.1) is 0 Å². The molecule has 2 heterocycles. The van der Waals surface area contributed by atoms with Crippen LogP contribution < -0.4 is 16.8 Å². The maximum atomic E-state index is 13.3. The topological polar surface area (TPSA) is 165 Å². The van der Waals surface area contributed by atoms with Gasteiger partial charge in [0.1, 0.15) is 10.6 Å². The van der Waals surface area contributed by atoms with Crippen LogP contribution in [-0.4, -0.2) is 50.8 Å². The summed E-state index contributed by atoms with van der Waals surface area (Å²) in [6.07, 6.45) is 1.61. The molecule has 0 radical (unpaired) electrons. The number of nitrogens with zero attached hydrogens (tertiary/aromatic N) is 2. The standard InChI is InChI=1S/C18H25N5O5S/c1-18(2,3)21-16(26)13(10-6-4-9-28-10)23(7-5-8-24)17(27)14-11(19)12(15(20)25)22-29-14/h4,6,9,13,24H,5,7-8,19H2,1-3H3,(H2,20,25)(H,21,26). The summed E-state index contributed by atoms with van der Waals surface area (Å²) in [5.41, 5.74) is 10.2. The number of primary amides is 1. The van der Waals surface area contributed by atoms with Crippen molar-refractivity contribution in [1.29, 1.82) is 0 Å². The van der Waals surface area contributed by atoms with Crippen molar-refractivity contribution in [2.75, 3.05) is 18.9 Å². The quantitative estimate of drug-likeness (QED) is 0.489. The number of furan rings is 1. The molecule has 2 aromatic heterocycles. The highest BCUT2D eigenvalue weighted by atomic mass is 32.1. The first-order valence-electron chi connectivity index (χ1n) is 8.89. The van der Waals surface area contributed by atoms with E-state index in [1.165, 1.54) is 11.2 Å². The summed E-state index contributed by atoms with van der Waals surface area (Å²) in [6, 6.07) is 2.08. The molecule has 1 atom stereocenters. The number of nitrogens with one attached hydrogen (secondary N) is 1. The normalized spacial score (nSPS) is 12.4. The molecule has 0 aliphatic carbocycles. The molecule has 6 N–H and O–H groups in total. The van der Waals surface area contributed by atoms with E-state index in [4.69, 9.17) is 15.9 Å². The van der Waals surface area contributed by atoms with Crippen LogP contribution in [0.1, 0.15) is 59.2 Å². The van der Waals surface area contributed by atoms with Gasteiger partial charge in [0.25, 0.3) is 17.7 Å². The van der Waals surface area contributed by atoms with Crippen molar-refractivity contribution in [2.24, 2.45) is 5.73 Å². The smallest absolute Gasteiger partial charge is 0.270 e. The lowest BCUT2D eigenvalue weighted by atomic mass is 10.1. The van der Waals surface area contributed by atoms with Crippen molar-refractivity contribution >= 4 is 34.9 Å². The number of amides is 3. The van der Waals surface area contributed by atoms with Crippen molar-refractivity contribution < 1.29 is 23.9 Å². The predicted molar refractivity (Wildman–Crippen MR) is 107 cm³/mol. The van der Waals surface area contributed by atoms with Crippen molar-refractivity contribution in [2.45, 2.75) is 38.8 Å². The molecule has 0 aliphatic rings. The zero-order chi connectivity index (χ0) is 21.8. The van der Waals surface area contributed by atoms with Gasteiger partial charge in [0.2, 0.25) is 0 Å². The summed E-state index contributed by atoms with van der Waals surface area (Å²) in [5, 5.41) is 12.1. The second kappa shape index (κ2) is 9.05. The number of nitrogens with two attached hydrogens (primary N) is 2. The Kier molecular flexibility index (Phi) is 6.98. The molecular weight excluding hydrogens is 398 g/mol. The molecule has 0 fully saturated rings. The zero-order valence-electron chi connectivity index (χ0n) is 16.5. The van der Waals surface area contributed by atoms with E-state index in [0.717, 1.165) is 11.5 Å². The van der Waals surface area contributed by atoms with Gasteiger partial charge in [0, 0.05) is 18.7 Å². The lowest BCUT2D eigenvalue weighted by Crippen LogP contribution is -2.49. The third-order valence-corrected chi connectivity index (χ3v) is 4.70. The molecule has 1 unspecified atom stereocenters. The fraction of sp³-hybridized carbons (Fsp3) is 0.444. The third kappa shape index (κ3) is 5.33. The van der Waals surface area contributed by atoms with Crippen LogP contribution in [0.5, 0.6) is 0 Å². The Bertz CT molecular complexity index is 872. The second-order valence-corrected chi connectivity index (χ2v) is 8.14. The fourth-order valence-corrected chi connectivity index (χ4v) is 3.42. The first-order chi connectivity index (χ1) is 13.6. The Morgan fingerprint density at radius 2 is 2.07 bits per heavy atom. The van der Waals surface area contributed by atoms with Crippen LogP contribution >= 0.6 is 11.5 Å². The van der Waals surface area contributed by atoms with Gasteiger partial charge in [-0.25, -0.2) is 0 Å². The second-order valence-electron chi connectivity index (χ2n) is 7.37. The van der Waals surface area contributed by atoms with Crippen LogP contribution in [0.15, 0.2) is 22.8 Å². The SMILES string of the molecule is CC(C)(C)NC(=O)C(c1ccco1)N(CCCO)C(=O)c1snc(C(N)=O)c1N. The number of hydrogen-bond acceptors (Lipinski definition) is 8. The Morgan fingerprint density at radius 1 is 1.38 bits per heavy atom. The minimum absolute atomic E-state index is 0.0168. The van der Waals surface area contributed by atoms with E-state index in [2.05, 4.69) is 9.69 Å². The van der Waals surface area contributed by atoms with Crippen LogP contribution in [0.25, 0.3) is 0 Å². The number of carbonyl (C=O) groups is 3. The van der Waals surface area contributed by atoms with E-state index in [1.807, 2.05) is 20.8 Å². The molecule has 0 saturated heterocycles. The number of aromatic nitrogens is 1. The minimum atomic E-state index is -1.11. The molecule has 0 aliphatic heterocycles.